The van der Waals surface area contributed by atoms with E-state index in [-0.39, 0.29) is 5.56 Å². The highest BCUT2D eigenvalue weighted by Gasteiger charge is 2.37. The fraction of sp³-hybridized carbons (Fsp3) is 0.357. The van der Waals surface area contributed by atoms with Crippen LogP contribution in [0, 0.1) is 13.8 Å². The Hall–Kier alpha value is -1.98. The summed E-state index contributed by atoms with van der Waals surface area (Å²) in [6, 6.07) is 7.16. The van der Waals surface area contributed by atoms with Crippen LogP contribution in [0.4, 0.5) is 13.2 Å². The van der Waals surface area contributed by atoms with E-state index >= 15 is 0 Å². The molecule has 0 aliphatic heterocycles. The molecule has 2 aromatic rings. The second-order valence-corrected chi connectivity index (χ2v) is 4.56. The maximum Gasteiger partial charge on any atom is 0.435 e. The van der Waals surface area contributed by atoms with Gasteiger partial charge in [-0.3, -0.25) is 4.68 Å². The fourth-order valence-corrected chi connectivity index (χ4v) is 1.96. The van der Waals surface area contributed by atoms with Crippen molar-refractivity contribution in [2.75, 3.05) is 7.11 Å². The molecule has 2 rings (SSSR count). The van der Waals surface area contributed by atoms with E-state index in [0.717, 1.165) is 5.56 Å². The lowest BCUT2D eigenvalue weighted by molar-refractivity contribution is -0.141. The zero-order valence-electron chi connectivity index (χ0n) is 11.5. The van der Waals surface area contributed by atoms with E-state index in [2.05, 4.69) is 5.10 Å². The van der Waals surface area contributed by atoms with Gasteiger partial charge < -0.3 is 4.74 Å². The Morgan fingerprint density at radius 2 is 1.75 bits per heavy atom. The number of benzene rings is 1. The summed E-state index contributed by atoms with van der Waals surface area (Å²) in [5, 5.41) is 3.68. The minimum absolute atomic E-state index is 0.172. The summed E-state index contributed by atoms with van der Waals surface area (Å²) in [7, 11) is 1.56. The van der Waals surface area contributed by atoms with Crippen LogP contribution in [-0.2, 0) is 12.7 Å². The zero-order valence-corrected chi connectivity index (χ0v) is 11.5. The highest BCUT2D eigenvalue weighted by molar-refractivity contribution is 5.29. The largest absolute Gasteiger partial charge is 0.497 e. The molecule has 1 aromatic carbocycles. The number of methoxy groups -OCH3 is 1. The molecule has 0 spiro atoms. The molecular formula is C14H15F3N2O. The van der Waals surface area contributed by atoms with Gasteiger partial charge in [0.2, 0.25) is 0 Å². The van der Waals surface area contributed by atoms with Crippen LogP contribution in [0.5, 0.6) is 5.75 Å². The van der Waals surface area contributed by atoms with Crippen molar-refractivity contribution in [2.24, 2.45) is 0 Å². The van der Waals surface area contributed by atoms with Gasteiger partial charge in [0.25, 0.3) is 0 Å². The molecule has 0 amide bonds. The first-order valence-electron chi connectivity index (χ1n) is 6.07. The van der Waals surface area contributed by atoms with E-state index in [1.54, 1.807) is 26.2 Å². The molecular weight excluding hydrogens is 269 g/mol. The Bertz CT molecular complexity index is 600. The van der Waals surface area contributed by atoms with Crippen LogP contribution >= 0.6 is 0 Å². The van der Waals surface area contributed by atoms with Crippen molar-refractivity contribution < 1.29 is 17.9 Å². The topological polar surface area (TPSA) is 27.1 Å². The van der Waals surface area contributed by atoms with E-state index in [4.69, 9.17) is 4.74 Å². The van der Waals surface area contributed by atoms with Crippen molar-refractivity contribution in [3.8, 4) is 5.75 Å². The number of hydrogen-bond acceptors (Lipinski definition) is 2. The van der Waals surface area contributed by atoms with Crippen molar-refractivity contribution in [3.05, 3.63) is 46.8 Å². The smallest absolute Gasteiger partial charge is 0.435 e. The quantitative estimate of drug-likeness (QED) is 0.861. The summed E-state index contributed by atoms with van der Waals surface area (Å²) in [6.07, 6.45) is -4.42. The summed E-state index contributed by atoms with van der Waals surface area (Å²) in [4.78, 5) is 0. The van der Waals surface area contributed by atoms with Gasteiger partial charge in [-0.15, -0.1) is 0 Å². The lowest BCUT2D eigenvalue weighted by Crippen LogP contribution is -2.09. The molecule has 0 saturated carbocycles. The van der Waals surface area contributed by atoms with Crippen LogP contribution in [0.1, 0.15) is 22.5 Å². The first kappa shape index (κ1) is 14.4. The summed E-state index contributed by atoms with van der Waals surface area (Å²) < 4.78 is 44.8. The van der Waals surface area contributed by atoms with Crippen LogP contribution in [-0.4, -0.2) is 16.9 Å². The van der Waals surface area contributed by atoms with Gasteiger partial charge in [-0.2, -0.15) is 18.3 Å². The van der Waals surface area contributed by atoms with Crippen LogP contribution in [0.15, 0.2) is 24.3 Å². The molecule has 3 nitrogen and oxygen atoms in total. The third kappa shape index (κ3) is 2.79. The van der Waals surface area contributed by atoms with E-state index in [1.165, 1.54) is 11.6 Å². The normalized spacial score (nSPS) is 11.7. The predicted molar refractivity (Wildman–Crippen MR) is 68.8 cm³/mol. The number of ether oxygens (including phenoxy) is 1. The summed E-state index contributed by atoms with van der Waals surface area (Å²) in [5.41, 5.74) is 0.743. The Balaban J connectivity index is 2.29. The summed E-state index contributed by atoms with van der Waals surface area (Å²) >= 11 is 0. The Kier molecular flexibility index (Phi) is 3.74. The fourth-order valence-electron chi connectivity index (χ4n) is 1.96. The van der Waals surface area contributed by atoms with Crippen molar-refractivity contribution >= 4 is 0 Å². The van der Waals surface area contributed by atoms with Gasteiger partial charge in [0.05, 0.1) is 13.7 Å². The molecule has 1 heterocycles. The van der Waals surface area contributed by atoms with E-state index < -0.39 is 11.9 Å². The molecule has 0 saturated heterocycles. The minimum atomic E-state index is -4.42. The van der Waals surface area contributed by atoms with Crippen molar-refractivity contribution in [3.63, 3.8) is 0 Å². The van der Waals surface area contributed by atoms with E-state index in [9.17, 15) is 13.2 Å². The van der Waals surface area contributed by atoms with Crippen LogP contribution in [0.2, 0.25) is 0 Å². The molecule has 6 heteroatoms. The molecule has 20 heavy (non-hydrogen) atoms. The van der Waals surface area contributed by atoms with Crippen molar-refractivity contribution in [1.82, 2.24) is 9.78 Å². The first-order chi connectivity index (χ1) is 9.32. The molecule has 0 unspecified atom stereocenters. The van der Waals surface area contributed by atoms with Crippen LogP contribution in [0.25, 0.3) is 0 Å². The van der Waals surface area contributed by atoms with Gasteiger partial charge in [-0.25, -0.2) is 0 Å². The average molecular weight is 284 g/mol. The number of hydrogen-bond donors (Lipinski definition) is 0. The third-order valence-corrected chi connectivity index (χ3v) is 3.27. The van der Waals surface area contributed by atoms with Gasteiger partial charge in [-0.05, 0) is 31.5 Å². The molecule has 0 aliphatic rings. The summed E-state index contributed by atoms with van der Waals surface area (Å²) in [6.45, 7) is 3.38. The second kappa shape index (κ2) is 5.19. The number of alkyl halides is 3. The molecule has 0 N–H and O–H groups in total. The van der Waals surface area contributed by atoms with Gasteiger partial charge in [-0.1, -0.05) is 12.1 Å². The van der Waals surface area contributed by atoms with E-state index in [0.29, 0.717) is 18.0 Å². The number of rotatable bonds is 3. The molecule has 0 atom stereocenters. The Morgan fingerprint density at radius 1 is 1.15 bits per heavy atom. The van der Waals surface area contributed by atoms with Gasteiger partial charge in [0.15, 0.2) is 5.69 Å². The average Bonchev–Trinajstić information content (AvgIpc) is 2.68. The number of aromatic nitrogens is 2. The lowest BCUT2D eigenvalue weighted by atomic mass is 10.2. The van der Waals surface area contributed by atoms with Gasteiger partial charge in [0, 0.05) is 11.3 Å². The van der Waals surface area contributed by atoms with Gasteiger partial charge >= 0.3 is 6.18 Å². The van der Waals surface area contributed by atoms with Crippen molar-refractivity contribution in [2.45, 2.75) is 26.6 Å². The number of halogens is 3. The highest BCUT2D eigenvalue weighted by atomic mass is 19.4. The predicted octanol–water partition coefficient (Wildman–Crippen LogP) is 3.58. The molecule has 0 bridgehead atoms. The van der Waals surface area contributed by atoms with Gasteiger partial charge in [0.1, 0.15) is 5.75 Å². The zero-order chi connectivity index (χ0) is 14.9. The number of nitrogens with zero attached hydrogens (tertiary/aromatic N) is 2. The summed E-state index contributed by atoms with van der Waals surface area (Å²) in [5.74, 6) is 0.707. The SMILES string of the molecule is COc1ccc(Cn2nc(C(F)(F)F)c(C)c2C)cc1. The maximum atomic E-state index is 12.8. The van der Waals surface area contributed by atoms with Crippen LogP contribution < -0.4 is 4.74 Å². The minimum Gasteiger partial charge on any atom is -0.497 e. The Labute approximate surface area is 115 Å². The molecule has 0 aliphatic carbocycles. The molecule has 1 aromatic heterocycles. The molecule has 108 valence electrons. The van der Waals surface area contributed by atoms with Crippen LogP contribution in [0.3, 0.4) is 0 Å². The highest BCUT2D eigenvalue weighted by Crippen LogP contribution is 2.32. The molecule has 0 fully saturated rings. The molecule has 0 radical (unpaired) electrons. The maximum absolute atomic E-state index is 12.8. The Morgan fingerprint density at radius 3 is 2.20 bits per heavy atom. The lowest BCUT2D eigenvalue weighted by Gasteiger charge is -2.06. The first-order valence-corrected chi connectivity index (χ1v) is 6.07. The monoisotopic (exact) mass is 284 g/mol. The van der Waals surface area contributed by atoms with Crippen molar-refractivity contribution in [1.29, 1.82) is 0 Å². The standard InChI is InChI=1S/C14H15F3N2O/c1-9-10(2)19(18-13(9)14(15,16)17)8-11-4-6-12(20-3)7-5-11/h4-7H,8H2,1-3H3. The second-order valence-electron chi connectivity index (χ2n) is 4.56. The van der Waals surface area contributed by atoms with E-state index in [1.807, 2.05) is 12.1 Å². The third-order valence-electron chi connectivity index (χ3n) is 3.27.